The number of hydrogen-bond donors (Lipinski definition) is 2. The molecule has 2 nitrogen and oxygen atoms in total. The normalized spacial score (nSPS) is 8.00. The Morgan fingerprint density at radius 3 is 1.67 bits per heavy atom. The van der Waals surface area contributed by atoms with Crippen LogP contribution < -0.4 is 0 Å². The summed E-state index contributed by atoms with van der Waals surface area (Å²) in [7, 11) is 0. The predicted molar refractivity (Wildman–Crippen MR) is 35.5 cm³/mol. The Balaban J connectivity index is 0.000000640. The van der Waals surface area contributed by atoms with Crippen LogP contribution in [-0.4, -0.2) is 39.8 Å². The van der Waals surface area contributed by atoms with Crippen LogP contribution in [0.2, 0.25) is 0 Å². The van der Waals surface area contributed by atoms with Crippen molar-refractivity contribution in [2.45, 2.75) is 0 Å². The van der Waals surface area contributed by atoms with Gasteiger partial charge in [0.1, 0.15) is 11.5 Å². The standard InChI is InChI=1S/C6H6O2.Na/c7-5-2-1-3-6(8)4-5;/h1-4,7-8H;. The maximum Gasteiger partial charge on any atom is 0.119 e. The molecule has 1 radical (unpaired) electrons. The zero-order valence-electron chi connectivity index (χ0n) is 5.20. The summed E-state index contributed by atoms with van der Waals surface area (Å²) in [5.41, 5.74) is 0. The van der Waals surface area contributed by atoms with Gasteiger partial charge in [-0.15, -0.1) is 0 Å². The van der Waals surface area contributed by atoms with Gasteiger partial charge in [-0.3, -0.25) is 0 Å². The Morgan fingerprint density at radius 2 is 1.44 bits per heavy atom. The summed E-state index contributed by atoms with van der Waals surface area (Å²) in [6.45, 7) is 0. The van der Waals surface area contributed by atoms with Crippen LogP contribution in [0.1, 0.15) is 0 Å². The topological polar surface area (TPSA) is 40.5 Å². The van der Waals surface area contributed by atoms with E-state index in [-0.39, 0.29) is 41.1 Å². The van der Waals surface area contributed by atoms with Crippen molar-refractivity contribution in [3.63, 3.8) is 0 Å². The molecule has 1 aromatic carbocycles. The molecule has 9 heavy (non-hydrogen) atoms. The summed E-state index contributed by atoms with van der Waals surface area (Å²) < 4.78 is 0. The Hall–Kier alpha value is -0.180. The SMILES string of the molecule is Oc1cccc(O)c1.[Na]. The van der Waals surface area contributed by atoms with Gasteiger partial charge in [-0.05, 0) is 12.1 Å². The van der Waals surface area contributed by atoms with Gasteiger partial charge in [0.05, 0.1) is 0 Å². The van der Waals surface area contributed by atoms with Gasteiger partial charge < -0.3 is 10.2 Å². The third-order valence-electron chi connectivity index (χ3n) is 0.830. The number of benzene rings is 1. The van der Waals surface area contributed by atoms with E-state index in [9.17, 15) is 0 Å². The largest absolute Gasteiger partial charge is 0.508 e. The first-order valence-electron chi connectivity index (χ1n) is 2.27. The zero-order chi connectivity index (χ0) is 5.98. The molecule has 2 N–H and O–H groups in total. The summed E-state index contributed by atoms with van der Waals surface area (Å²) in [5.74, 6) is 0.176. The van der Waals surface area contributed by atoms with Crippen molar-refractivity contribution in [1.82, 2.24) is 0 Å². The molecule has 0 amide bonds. The summed E-state index contributed by atoms with van der Waals surface area (Å²) in [4.78, 5) is 0. The van der Waals surface area contributed by atoms with Crippen LogP contribution >= 0.6 is 0 Å². The molecule has 43 valence electrons. The van der Waals surface area contributed by atoms with Gasteiger partial charge in [-0.1, -0.05) is 6.07 Å². The molecule has 0 unspecified atom stereocenters. The van der Waals surface area contributed by atoms with Gasteiger partial charge in [0.15, 0.2) is 0 Å². The monoisotopic (exact) mass is 133 g/mol. The van der Waals surface area contributed by atoms with E-state index >= 15 is 0 Å². The molecular weight excluding hydrogens is 127 g/mol. The number of phenolic OH excluding ortho intramolecular Hbond substituents is 2. The van der Waals surface area contributed by atoms with Crippen LogP contribution in [0.25, 0.3) is 0 Å². The van der Waals surface area contributed by atoms with Crippen LogP contribution in [-0.2, 0) is 0 Å². The third-order valence-corrected chi connectivity index (χ3v) is 0.830. The van der Waals surface area contributed by atoms with E-state index in [0.717, 1.165) is 0 Å². The Bertz CT molecular complexity index is 171. The molecule has 0 aliphatic rings. The van der Waals surface area contributed by atoms with Crippen molar-refractivity contribution < 1.29 is 10.2 Å². The van der Waals surface area contributed by atoms with Crippen molar-refractivity contribution in [1.29, 1.82) is 0 Å². The van der Waals surface area contributed by atoms with E-state index in [1.807, 2.05) is 0 Å². The van der Waals surface area contributed by atoms with Crippen LogP contribution in [0, 0.1) is 0 Å². The fourth-order valence-corrected chi connectivity index (χ4v) is 0.493. The smallest absolute Gasteiger partial charge is 0.119 e. The van der Waals surface area contributed by atoms with E-state index in [0.29, 0.717) is 0 Å². The molecule has 0 bridgehead atoms. The van der Waals surface area contributed by atoms with Gasteiger partial charge in [0, 0.05) is 35.6 Å². The average Bonchev–Trinajstić information content (AvgIpc) is 1.64. The van der Waals surface area contributed by atoms with E-state index in [1.54, 1.807) is 6.07 Å². The summed E-state index contributed by atoms with van der Waals surface area (Å²) >= 11 is 0. The van der Waals surface area contributed by atoms with Gasteiger partial charge in [-0.25, -0.2) is 0 Å². The Kier molecular flexibility index (Phi) is 3.70. The van der Waals surface area contributed by atoms with Gasteiger partial charge in [-0.2, -0.15) is 0 Å². The molecular formula is C6H6NaO2. The van der Waals surface area contributed by atoms with E-state index in [2.05, 4.69) is 0 Å². The Labute approximate surface area is 75.4 Å². The second-order valence-electron chi connectivity index (χ2n) is 1.52. The molecule has 0 aliphatic heterocycles. The number of phenols is 2. The van der Waals surface area contributed by atoms with Crippen molar-refractivity contribution in [3.8, 4) is 11.5 Å². The zero-order valence-corrected chi connectivity index (χ0v) is 7.20. The van der Waals surface area contributed by atoms with Crippen molar-refractivity contribution in [2.75, 3.05) is 0 Å². The minimum atomic E-state index is 0. The van der Waals surface area contributed by atoms with E-state index < -0.39 is 0 Å². The van der Waals surface area contributed by atoms with Gasteiger partial charge >= 0.3 is 0 Å². The summed E-state index contributed by atoms with van der Waals surface area (Å²) in [6, 6.07) is 5.85. The second kappa shape index (κ2) is 3.77. The molecule has 0 heterocycles. The van der Waals surface area contributed by atoms with Crippen molar-refractivity contribution in [3.05, 3.63) is 24.3 Å². The van der Waals surface area contributed by atoms with Crippen LogP contribution in [0.3, 0.4) is 0 Å². The molecule has 0 aliphatic carbocycles. The van der Waals surface area contributed by atoms with Crippen LogP contribution in [0.5, 0.6) is 11.5 Å². The quantitative estimate of drug-likeness (QED) is 0.512. The Morgan fingerprint density at radius 1 is 1.00 bits per heavy atom. The minimum Gasteiger partial charge on any atom is -0.508 e. The molecule has 1 rings (SSSR count). The molecule has 0 fully saturated rings. The van der Waals surface area contributed by atoms with Crippen molar-refractivity contribution >= 4 is 29.6 Å². The van der Waals surface area contributed by atoms with Crippen LogP contribution in [0.4, 0.5) is 0 Å². The predicted octanol–water partition coefficient (Wildman–Crippen LogP) is 0.717. The fourth-order valence-electron chi connectivity index (χ4n) is 0.493. The molecule has 3 heteroatoms. The number of hydrogen-bond acceptors (Lipinski definition) is 2. The molecule has 1 aromatic rings. The minimum absolute atomic E-state index is 0. The van der Waals surface area contributed by atoms with E-state index in [4.69, 9.17) is 10.2 Å². The molecule has 0 saturated carbocycles. The first-order valence-corrected chi connectivity index (χ1v) is 2.27. The number of rotatable bonds is 0. The maximum atomic E-state index is 8.65. The van der Waals surface area contributed by atoms with Gasteiger partial charge in [0.2, 0.25) is 0 Å². The van der Waals surface area contributed by atoms with Gasteiger partial charge in [0.25, 0.3) is 0 Å². The van der Waals surface area contributed by atoms with Crippen molar-refractivity contribution in [2.24, 2.45) is 0 Å². The maximum absolute atomic E-state index is 8.65. The first-order chi connectivity index (χ1) is 3.79. The average molecular weight is 133 g/mol. The fraction of sp³-hybridized carbons (Fsp3) is 0. The third kappa shape index (κ3) is 2.75. The van der Waals surface area contributed by atoms with E-state index in [1.165, 1.54) is 18.2 Å². The molecule has 0 aromatic heterocycles. The second-order valence-corrected chi connectivity index (χ2v) is 1.52. The summed E-state index contributed by atoms with van der Waals surface area (Å²) in [6.07, 6.45) is 0. The first kappa shape index (κ1) is 8.82. The number of aromatic hydroxyl groups is 2. The summed E-state index contributed by atoms with van der Waals surface area (Å²) in [5, 5.41) is 17.3. The molecule has 0 atom stereocenters. The van der Waals surface area contributed by atoms with Crippen LogP contribution in [0.15, 0.2) is 24.3 Å². The molecule has 0 saturated heterocycles. The molecule has 0 spiro atoms.